The molecule has 1 aliphatic heterocycles. The number of amides is 1. The molecule has 0 saturated carbocycles. The normalized spacial score (nSPS) is 26.6. The Morgan fingerprint density at radius 2 is 2.00 bits per heavy atom. The Morgan fingerprint density at radius 3 is 2.29 bits per heavy atom. The lowest BCUT2D eigenvalue weighted by Crippen LogP contribution is -2.42. The molecule has 0 aliphatic carbocycles. The van der Waals surface area contributed by atoms with Gasteiger partial charge >= 0.3 is 6.09 Å². The van der Waals surface area contributed by atoms with E-state index >= 15 is 0 Å². The third-order valence-corrected chi connectivity index (χ3v) is 2.52. The summed E-state index contributed by atoms with van der Waals surface area (Å²) < 4.78 is 26.1. The summed E-state index contributed by atoms with van der Waals surface area (Å²) in [5.74, 6) is -2.88. The fraction of sp³-hybridized carbons (Fsp3) is 0.889. The minimum atomic E-state index is -2.88. The Balaban J connectivity index is 2.89. The highest BCUT2D eigenvalue weighted by atomic mass is 19.3. The zero-order valence-corrected chi connectivity index (χ0v) is 8.55. The van der Waals surface area contributed by atoms with E-state index in [4.69, 9.17) is 5.11 Å². The molecule has 0 radical (unpaired) electrons. The average molecular weight is 207 g/mol. The Morgan fingerprint density at radius 1 is 1.50 bits per heavy atom. The highest BCUT2D eigenvalue weighted by molar-refractivity contribution is 5.66. The van der Waals surface area contributed by atoms with Crippen LogP contribution in [0.2, 0.25) is 0 Å². The van der Waals surface area contributed by atoms with E-state index in [0.717, 1.165) is 4.90 Å². The Bertz CT molecular complexity index is 248. The lowest BCUT2D eigenvalue weighted by Gasteiger charge is -2.32. The molecule has 0 bridgehead atoms. The van der Waals surface area contributed by atoms with Gasteiger partial charge in [-0.05, 0) is 5.41 Å². The zero-order chi connectivity index (χ0) is 11.1. The van der Waals surface area contributed by atoms with Gasteiger partial charge in [0, 0.05) is 12.5 Å². The number of hydrogen-bond acceptors (Lipinski definition) is 1. The second-order valence-electron chi connectivity index (χ2n) is 4.85. The first-order valence-corrected chi connectivity index (χ1v) is 4.51. The number of likely N-dealkylation sites (tertiary alicyclic amines) is 1. The van der Waals surface area contributed by atoms with Crippen LogP contribution in [0.25, 0.3) is 0 Å². The molecule has 82 valence electrons. The minimum absolute atomic E-state index is 0.372. The molecule has 14 heavy (non-hydrogen) atoms. The molecule has 3 nitrogen and oxygen atoms in total. The number of alkyl halides is 2. The van der Waals surface area contributed by atoms with E-state index in [1.54, 1.807) is 20.8 Å². The highest BCUT2D eigenvalue weighted by Crippen LogP contribution is 2.40. The van der Waals surface area contributed by atoms with Crippen LogP contribution in [0, 0.1) is 5.41 Å². The van der Waals surface area contributed by atoms with Crippen LogP contribution in [-0.2, 0) is 0 Å². The van der Waals surface area contributed by atoms with Crippen LogP contribution in [0.1, 0.15) is 27.2 Å². The number of nitrogens with zero attached hydrogens (tertiary/aromatic N) is 1. The zero-order valence-electron chi connectivity index (χ0n) is 8.55. The number of halogens is 2. The number of rotatable bonds is 0. The molecule has 0 aromatic carbocycles. The topological polar surface area (TPSA) is 40.5 Å². The lowest BCUT2D eigenvalue weighted by molar-refractivity contribution is 0.0119. The van der Waals surface area contributed by atoms with Crippen LogP contribution in [0.4, 0.5) is 13.6 Å². The monoisotopic (exact) mass is 207 g/mol. The summed E-state index contributed by atoms with van der Waals surface area (Å²) in [5.41, 5.74) is -0.446. The molecular weight excluding hydrogens is 192 g/mol. The maximum Gasteiger partial charge on any atom is 0.407 e. The van der Waals surface area contributed by atoms with Crippen molar-refractivity contribution in [1.82, 2.24) is 4.90 Å². The van der Waals surface area contributed by atoms with Crippen molar-refractivity contribution in [3.63, 3.8) is 0 Å². The summed E-state index contributed by atoms with van der Waals surface area (Å²) >= 11 is 0. The van der Waals surface area contributed by atoms with E-state index in [2.05, 4.69) is 0 Å². The van der Waals surface area contributed by atoms with Crippen molar-refractivity contribution in [1.29, 1.82) is 0 Å². The van der Waals surface area contributed by atoms with Crippen molar-refractivity contribution < 1.29 is 18.7 Å². The molecule has 1 N–H and O–H groups in total. The molecule has 0 spiro atoms. The van der Waals surface area contributed by atoms with E-state index in [1.807, 2.05) is 0 Å². The SMILES string of the molecule is CC(C)(C)C1CC(F)(F)CN1C(=O)O. The summed E-state index contributed by atoms with van der Waals surface area (Å²) in [5, 5.41) is 8.77. The Labute approximate surface area is 81.7 Å². The van der Waals surface area contributed by atoms with Crippen molar-refractivity contribution in [3.8, 4) is 0 Å². The smallest absolute Gasteiger partial charge is 0.407 e. The molecule has 1 saturated heterocycles. The van der Waals surface area contributed by atoms with Crippen molar-refractivity contribution >= 4 is 6.09 Å². The van der Waals surface area contributed by atoms with Crippen LogP contribution in [0.15, 0.2) is 0 Å². The molecule has 0 aromatic rings. The van der Waals surface area contributed by atoms with Gasteiger partial charge in [0.1, 0.15) is 0 Å². The third-order valence-electron chi connectivity index (χ3n) is 2.52. The van der Waals surface area contributed by atoms with Gasteiger partial charge in [0.2, 0.25) is 0 Å². The maximum absolute atomic E-state index is 13.0. The van der Waals surface area contributed by atoms with Crippen LogP contribution < -0.4 is 0 Å². The Kier molecular flexibility index (Phi) is 2.46. The lowest BCUT2D eigenvalue weighted by atomic mass is 9.85. The predicted octanol–water partition coefficient (Wildman–Crippen LogP) is 2.42. The predicted molar refractivity (Wildman–Crippen MR) is 47.5 cm³/mol. The van der Waals surface area contributed by atoms with E-state index in [-0.39, 0.29) is 6.42 Å². The second-order valence-corrected chi connectivity index (χ2v) is 4.85. The molecule has 1 aliphatic rings. The summed E-state index contributed by atoms with van der Waals surface area (Å²) in [6, 6.07) is -0.602. The molecule has 1 amide bonds. The third kappa shape index (κ3) is 2.13. The molecule has 5 heteroatoms. The molecule has 1 fully saturated rings. The number of hydrogen-bond donors (Lipinski definition) is 1. The highest BCUT2D eigenvalue weighted by Gasteiger charge is 2.50. The van der Waals surface area contributed by atoms with Gasteiger partial charge in [-0.3, -0.25) is 4.90 Å². The van der Waals surface area contributed by atoms with Crippen molar-refractivity contribution in [2.45, 2.75) is 39.2 Å². The van der Waals surface area contributed by atoms with Gasteiger partial charge in [-0.1, -0.05) is 20.8 Å². The van der Waals surface area contributed by atoms with E-state index in [0.29, 0.717) is 0 Å². The van der Waals surface area contributed by atoms with Crippen molar-refractivity contribution in [2.24, 2.45) is 5.41 Å². The summed E-state index contributed by atoms with van der Waals surface area (Å²) in [4.78, 5) is 11.6. The molecule has 1 heterocycles. The summed E-state index contributed by atoms with van der Waals surface area (Å²) in [6.45, 7) is 4.64. The van der Waals surface area contributed by atoms with Gasteiger partial charge in [0.15, 0.2) is 0 Å². The molecular formula is C9H15F2NO2. The fourth-order valence-electron chi connectivity index (χ4n) is 1.79. The van der Waals surface area contributed by atoms with E-state index in [1.165, 1.54) is 0 Å². The summed E-state index contributed by atoms with van der Waals surface area (Å²) in [7, 11) is 0. The molecule has 0 aromatic heterocycles. The quantitative estimate of drug-likeness (QED) is 0.662. The minimum Gasteiger partial charge on any atom is -0.465 e. The van der Waals surface area contributed by atoms with E-state index in [9.17, 15) is 13.6 Å². The van der Waals surface area contributed by atoms with Gasteiger partial charge in [-0.2, -0.15) is 0 Å². The Hall–Kier alpha value is -0.870. The number of carbonyl (C=O) groups is 1. The van der Waals surface area contributed by atoms with Gasteiger partial charge in [-0.25, -0.2) is 13.6 Å². The van der Waals surface area contributed by atoms with Gasteiger partial charge in [0.05, 0.1) is 6.54 Å². The number of carboxylic acid groups (broad SMARTS) is 1. The first-order chi connectivity index (χ1) is 6.13. The second kappa shape index (κ2) is 3.07. The maximum atomic E-state index is 13.0. The van der Waals surface area contributed by atoms with Gasteiger partial charge in [-0.15, -0.1) is 0 Å². The fourth-order valence-corrected chi connectivity index (χ4v) is 1.79. The van der Waals surface area contributed by atoms with Crippen molar-refractivity contribution in [2.75, 3.05) is 6.54 Å². The van der Waals surface area contributed by atoms with Crippen LogP contribution in [-0.4, -0.2) is 34.6 Å². The van der Waals surface area contributed by atoms with Gasteiger partial charge in [0.25, 0.3) is 5.92 Å². The first kappa shape index (κ1) is 11.2. The van der Waals surface area contributed by atoms with Crippen LogP contribution in [0.5, 0.6) is 0 Å². The van der Waals surface area contributed by atoms with Crippen LogP contribution >= 0.6 is 0 Å². The first-order valence-electron chi connectivity index (χ1n) is 4.51. The molecule has 1 rings (SSSR count). The molecule has 1 unspecified atom stereocenters. The van der Waals surface area contributed by atoms with Crippen LogP contribution in [0.3, 0.4) is 0 Å². The summed E-state index contributed by atoms with van der Waals surface area (Å²) in [6.07, 6.45) is -1.63. The van der Waals surface area contributed by atoms with E-state index < -0.39 is 30.0 Å². The van der Waals surface area contributed by atoms with Crippen molar-refractivity contribution in [3.05, 3.63) is 0 Å². The average Bonchev–Trinajstić information content (AvgIpc) is 2.24. The molecule has 1 atom stereocenters. The largest absolute Gasteiger partial charge is 0.465 e. The standard InChI is InChI=1S/C9H15F2NO2/c1-8(2,3)6-4-9(10,11)5-12(6)7(13)14/h6H,4-5H2,1-3H3,(H,13,14). The van der Waals surface area contributed by atoms with Gasteiger partial charge < -0.3 is 5.11 Å².